The molecule has 152 valence electrons. The van der Waals surface area contributed by atoms with Gasteiger partial charge in [0.1, 0.15) is 6.10 Å². The molecule has 0 spiro atoms. The van der Waals surface area contributed by atoms with Gasteiger partial charge in [-0.05, 0) is 43.7 Å². The maximum atomic E-state index is 11.6. The molecule has 3 rings (SSSR count). The van der Waals surface area contributed by atoms with Crippen LogP contribution in [-0.4, -0.2) is 50.1 Å². The van der Waals surface area contributed by atoms with Gasteiger partial charge in [-0.3, -0.25) is 4.99 Å². The molecule has 1 atom stereocenters. The van der Waals surface area contributed by atoms with Crippen molar-refractivity contribution < 1.29 is 13.2 Å². The van der Waals surface area contributed by atoms with Crippen molar-refractivity contribution in [2.75, 3.05) is 18.6 Å². The number of pyridine rings is 1. The zero-order valence-electron chi connectivity index (χ0n) is 15.7. The van der Waals surface area contributed by atoms with Crippen LogP contribution in [0, 0.1) is 0 Å². The first-order chi connectivity index (χ1) is 12.5. The van der Waals surface area contributed by atoms with Crippen LogP contribution in [0.2, 0.25) is 0 Å². The van der Waals surface area contributed by atoms with Crippen LogP contribution in [0.3, 0.4) is 0 Å². The number of nitrogens with one attached hydrogen (secondary N) is 2. The first kappa shape index (κ1) is 22.2. The Bertz CT molecular complexity index is 736. The van der Waals surface area contributed by atoms with E-state index in [9.17, 15) is 8.42 Å². The molecule has 1 saturated carbocycles. The Kier molecular flexibility index (Phi) is 8.59. The van der Waals surface area contributed by atoms with Crippen LogP contribution in [0.15, 0.2) is 23.3 Å². The first-order valence-corrected chi connectivity index (χ1v) is 11.2. The van der Waals surface area contributed by atoms with Crippen molar-refractivity contribution in [3.63, 3.8) is 0 Å². The van der Waals surface area contributed by atoms with E-state index in [4.69, 9.17) is 4.74 Å². The fraction of sp³-hybridized carbons (Fsp3) is 0.667. The van der Waals surface area contributed by atoms with Crippen LogP contribution in [0.5, 0.6) is 5.88 Å². The van der Waals surface area contributed by atoms with Gasteiger partial charge in [0.15, 0.2) is 15.8 Å². The molecule has 2 N–H and O–H groups in total. The normalized spacial score (nSPS) is 22.7. The summed E-state index contributed by atoms with van der Waals surface area (Å²) in [5, 5.41) is 6.42. The molecule has 1 saturated heterocycles. The molecular weight excluding hydrogens is 479 g/mol. The summed E-state index contributed by atoms with van der Waals surface area (Å²) in [6.45, 7) is 0.572. The van der Waals surface area contributed by atoms with Crippen LogP contribution in [0.4, 0.5) is 0 Å². The molecule has 7 nitrogen and oxygen atoms in total. The fourth-order valence-corrected chi connectivity index (χ4v) is 5.13. The number of rotatable bonds is 5. The summed E-state index contributed by atoms with van der Waals surface area (Å²) in [5.74, 6) is 1.69. The Hall–Kier alpha value is -1.10. The zero-order valence-corrected chi connectivity index (χ0v) is 18.8. The number of guanidine groups is 1. The van der Waals surface area contributed by atoms with E-state index in [1.54, 1.807) is 13.2 Å². The molecule has 27 heavy (non-hydrogen) atoms. The maximum Gasteiger partial charge on any atom is 0.213 e. The third-order valence-electron chi connectivity index (χ3n) is 4.90. The SMILES string of the molecule is CN=C(NCc1ccnc(OC2CCCCC2)c1)NC1CCS(=O)(=O)C1.I. The number of sulfone groups is 1. The van der Waals surface area contributed by atoms with E-state index >= 15 is 0 Å². The number of hydrogen-bond acceptors (Lipinski definition) is 5. The number of nitrogens with zero attached hydrogens (tertiary/aromatic N) is 2. The van der Waals surface area contributed by atoms with Crippen molar-refractivity contribution in [1.29, 1.82) is 0 Å². The average molecular weight is 508 g/mol. The van der Waals surface area contributed by atoms with E-state index in [1.807, 2.05) is 12.1 Å². The highest BCUT2D eigenvalue weighted by Gasteiger charge is 2.28. The Morgan fingerprint density at radius 2 is 2.07 bits per heavy atom. The maximum absolute atomic E-state index is 11.6. The van der Waals surface area contributed by atoms with Crippen LogP contribution >= 0.6 is 24.0 Å². The molecular formula is C18H29IN4O3S. The van der Waals surface area contributed by atoms with Crippen LogP contribution in [-0.2, 0) is 16.4 Å². The predicted molar refractivity (Wildman–Crippen MR) is 118 cm³/mol. The molecule has 1 aromatic heterocycles. The summed E-state index contributed by atoms with van der Waals surface area (Å²) in [6, 6.07) is 3.82. The van der Waals surface area contributed by atoms with E-state index < -0.39 is 9.84 Å². The minimum Gasteiger partial charge on any atom is -0.474 e. The van der Waals surface area contributed by atoms with E-state index in [1.165, 1.54) is 19.3 Å². The lowest BCUT2D eigenvalue weighted by molar-refractivity contribution is 0.148. The monoisotopic (exact) mass is 508 g/mol. The third-order valence-corrected chi connectivity index (χ3v) is 6.66. The lowest BCUT2D eigenvalue weighted by Crippen LogP contribution is -2.43. The van der Waals surface area contributed by atoms with Crippen molar-refractivity contribution in [3.8, 4) is 5.88 Å². The van der Waals surface area contributed by atoms with Crippen molar-refractivity contribution in [2.45, 2.75) is 57.2 Å². The molecule has 1 unspecified atom stereocenters. The Morgan fingerprint density at radius 3 is 2.74 bits per heavy atom. The van der Waals surface area contributed by atoms with Crippen molar-refractivity contribution in [3.05, 3.63) is 23.9 Å². The minimum absolute atomic E-state index is 0. The number of aliphatic imine (C=N–C) groups is 1. The smallest absolute Gasteiger partial charge is 0.213 e. The second-order valence-electron chi connectivity index (χ2n) is 7.05. The molecule has 1 aliphatic carbocycles. The number of hydrogen-bond donors (Lipinski definition) is 2. The Morgan fingerprint density at radius 1 is 1.30 bits per heavy atom. The summed E-state index contributed by atoms with van der Waals surface area (Å²) >= 11 is 0. The van der Waals surface area contributed by atoms with Gasteiger partial charge >= 0.3 is 0 Å². The van der Waals surface area contributed by atoms with E-state index in [-0.39, 0.29) is 47.6 Å². The summed E-state index contributed by atoms with van der Waals surface area (Å²) in [7, 11) is -1.22. The third kappa shape index (κ3) is 7.10. The van der Waals surface area contributed by atoms with Gasteiger partial charge in [-0.15, -0.1) is 24.0 Å². The molecule has 1 aliphatic heterocycles. The van der Waals surface area contributed by atoms with Gasteiger partial charge < -0.3 is 15.4 Å². The standard InChI is InChI=1S/C18H28N4O3S.HI/c1-19-18(22-15-8-10-26(23,24)13-15)21-12-14-7-9-20-17(11-14)25-16-5-3-2-4-6-16;/h7,9,11,15-16H,2-6,8,10,12-13H2,1H3,(H2,19,21,22);1H. The highest BCUT2D eigenvalue weighted by Crippen LogP contribution is 2.22. The highest BCUT2D eigenvalue weighted by molar-refractivity contribution is 14.0. The number of aromatic nitrogens is 1. The summed E-state index contributed by atoms with van der Waals surface area (Å²) in [6.07, 6.45) is 8.61. The van der Waals surface area contributed by atoms with Gasteiger partial charge in [-0.25, -0.2) is 13.4 Å². The topological polar surface area (TPSA) is 92.7 Å². The molecule has 1 aromatic rings. The first-order valence-electron chi connectivity index (χ1n) is 9.33. The van der Waals surface area contributed by atoms with Crippen molar-refractivity contribution in [1.82, 2.24) is 15.6 Å². The zero-order chi connectivity index (χ0) is 18.4. The van der Waals surface area contributed by atoms with Crippen molar-refractivity contribution in [2.24, 2.45) is 4.99 Å². The quantitative estimate of drug-likeness (QED) is 0.360. The fourth-order valence-electron chi connectivity index (χ4n) is 3.46. The van der Waals surface area contributed by atoms with Crippen LogP contribution < -0.4 is 15.4 Å². The van der Waals surface area contributed by atoms with E-state index in [2.05, 4.69) is 20.6 Å². The summed E-state index contributed by atoms with van der Waals surface area (Å²) < 4.78 is 29.1. The number of ether oxygens (including phenoxy) is 1. The molecule has 2 fully saturated rings. The molecule has 2 heterocycles. The second-order valence-corrected chi connectivity index (χ2v) is 9.28. The second kappa shape index (κ2) is 10.4. The molecule has 0 amide bonds. The number of halogens is 1. The van der Waals surface area contributed by atoms with Gasteiger partial charge in [0, 0.05) is 31.9 Å². The minimum atomic E-state index is -2.91. The molecule has 9 heteroatoms. The lowest BCUT2D eigenvalue weighted by atomic mass is 9.98. The van der Waals surface area contributed by atoms with E-state index in [0.717, 1.165) is 18.4 Å². The Balaban J connectivity index is 0.00000261. The molecule has 0 radical (unpaired) electrons. The highest BCUT2D eigenvalue weighted by atomic mass is 127. The Labute approximate surface area is 178 Å². The van der Waals surface area contributed by atoms with Gasteiger partial charge in [0.25, 0.3) is 0 Å². The molecule has 2 aliphatic rings. The summed E-state index contributed by atoms with van der Waals surface area (Å²) in [5.41, 5.74) is 1.05. The molecule has 0 aromatic carbocycles. The lowest BCUT2D eigenvalue weighted by Gasteiger charge is -2.22. The summed E-state index contributed by atoms with van der Waals surface area (Å²) in [4.78, 5) is 8.50. The predicted octanol–water partition coefficient (Wildman–Crippen LogP) is 2.26. The van der Waals surface area contributed by atoms with Gasteiger partial charge in [-0.1, -0.05) is 6.42 Å². The van der Waals surface area contributed by atoms with Gasteiger partial charge in [-0.2, -0.15) is 0 Å². The molecule has 0 bridgehead atoms. The largest absolute Gasteiger partial charge is 0.474 e. The van der Waals surface area contributed by atoms with Gasteiger partial charge in [0.05, 0.1) is 11.5 Å². The van der Waals surface area contributed by atoms with Crippen LogP contribution in [0.1, 0.15) is 44.1 Å². The van der Waals surface area contributed by atoms with Gasteiger partial charge in [0.2, 0.25) is 5.88 Å². The van der Waals surface area contributed by atoms with Crippen LogP contribution in [0.25, 0.3) is 0 Å². The average Bonchev–Trinajstić information content (AvgIpc) is 2.98. The van der Waals surface area contributed by atoms with Crippen molar-refractivity contribution >= 4 is 39.8 Å². The van der Waals surface area contributed by atoms with E-state index in [0.29, 0.717) is 24.8 Å².